The van der Waals surface area contributed by atoms with E-state index >= 15 is 0 Å². The Morgan fingerprint density at radius 1 is 0.825 bits per heavy atom. The number of methoxy groups -OCH3 is 2. The first-order valence-corrected chi connectivity index (χ1v) is 20.2. The van der Waals surface area contributed by atoms with Crippen molar-refractivity contribution in [3.63, 3.8) is 0 Å². The third-order valence-corrected chi connectivity index (χ3v) is 11.4. The van der Waals surface area contributed by atoms with Gasteiger partial charge < -0.3 is 33.3 Å². The number of aromatic nitrogens is 4. The van der Waals surface area contributed by atoms with Gasteiger partial charge >= 0.3 is 7.60 Å². The molecule has 14 heteroatoms. The minimum Gasteiger partial charge on any atom is -0.497 e. The second-order valence-corrected chi connectivity index (χ2v) is 14.9. The standard InChI is InChI=1S/C43H44N5O8P/c1-5-53-57(50,54-6-2)26-25-36-37(27-38(55-36)48-29-46-39-40(44-28-45-41(39)48)47-42(49)30-13-9-7-10-14-30)56-43(31-15-11-8-12-16-31,32-17-21-34(51-3)22-18-32)33-19-23-35(52-4)24-20-33/h7-26,28-29,36-38H,5-6,27H2,1-4H3,(H,44,45,47,49)/b26-25+/t36-,37+,38-/m1/s1. The Morgan fingerprint density at radius 3 is 1.98 bits per heavy atom. The fourth-order valence-electron chi connectivity index (χ4n) is 6.97. The van der Waals surface area contributed by atoms with E-state index in [9.17, 15) is 9.36 Å². The van der Waals surface area contributed by atoms with Gasteiger partial charge in [-0.3, -0.25) is 13.9 Å². The Bertz CT molecular complexity index is 2280. The zero-order valence-corrected chi connectivity index (χ0v) is 33.0. The molecule has 1 amide bonds. The Morgan fingerprint density at radius 2 is 1.40 bits per heavy atom. The van der Waals surface area contributed by atoms with E-state index < -0.39 is 31.6 Å². The molecule has 13 nitrogen and oxygen atoms in total. The second-order valence-electron chi connectivity index (χ2n) is 13.0. The van der Waals surface area contributed by atoms with E-state index in [0.29, 0.717) is 34.6 Å². The van der Waals surface area contributed by atoms with Gasteiger partial charge in [0.25, 0.3) is 5.91 Å². The summed E-state index contributed by atoms with van der Waals surface area (Å²) in [6.45, 7) is 3.89. The van der Waals surface area contributed by atoms with Gasteiger partial charge in [0, 0.05) is 17.8 Å². The first kappa shape index (κ1) is 39.5. The number of rotatable bonds is 16. The average molecular weight is 790 g/mol. The van der Waals surface area contributed by atoms with Gasteiger partial charge in [0.2, 0.25) is 0 Å². The number of nitrogens with one attached hydrogen (secondary N) is 1. The van der Waals surface area contributed by atoms with Crippen LogP contribution in [0, 0.1) is 0 Å². The van der Waals surface area contributed by atoms with Crippen molar-refractivity contribution >= 4 is 30.5 Å². The molecule has 0 bridgehead atoms. The highest BCUT2D eigenvalue weighted by Gasteiger charge is 2.46. The number of hydrogen-bond donors (Lipinski definition) is 1. The number of amides is 1. The highest BCUT2D eigenvalue weighted by molar-refractivity contribution is 7.57. The van der Waals surface area contributed by atoms with Gasteiger partial charge in [-0.15, -0.1) is 0 Å². The van der Waals surface area contributed by atoms with E-state index in [1.54, 1.807) is 69.3 Å². The molecular formula is C43H44N5O8P. The zero-order chi connectivity index (χ0) is 39.8. The molecule has 57 heavy (non-hydrogen) atoms. The van der Waals surface area contributed by atoms with Gasteiger partial charge in [0.1, 0.15) is 35.8 Å². The van der Waals surface area contributed by atoms with Crippen LogP contribution in [0.5, 0.6) is 11.5 Å². The zero-order valence-electron chi connectivity index (χ0n) is 32.1. The van der Waals surface area contributed by atoms with E-state index in [0.717, 1.165) is 16.7 Å². The van der Waals surface area contributed by atoms with Gasteiger partial charge in [-0.2, -0.15) is 0 Å². The maximum absolute atomic E-state index is 13.7. The molecule has 0 spiro atoms. The molecule has 3 heterocycles. The summed E-state index contributed by atoms with van der Waals surface area (Å²) in [7, 11) is -0.379. The molecule has 3 atom stereocenters. The molecule has 7 rings (SSSR count). The van der Waals surface area contributed by atoms with E-state index in [2.05, 4.69) is 20.3 Å². The summed E-state index contributed by atoms with van der Waals surface area (Å²) >= 11 is 0. The summed E-state index contributed by atoms with van der Waals surface area (Å²) in [6.07, 6.45) is 2.88. The topological polar surface area (TPSA) is 145 Å². The van der Waals surface area contributed by atoms with Crippen LogP contribution in [-0.2, 0) is 28.7 Å². The smallest absolute Gasteiger partial charge is 0.353 e. The summed E-state index contributed by atoms with van der Waals surface area (Å²) in [5.41, 5.74) is 2.64. The van der Waals surface area contributed by atoms with Gasteiger partial charge in [-0.25, -0.2) is 15.0 Å². The van der Waals surface area contributed by atoms with Crippen LogP contribution in [0.25, 0.3) is 11.2 Å². The third-order valence-electron chi connectivity index (χ3n) is 9.63. The largest absolute Gasteiger partial charge is 0.497 e. The summed E-state index contributed by atoms with van der Waals surface area (Å²) in [4.78, 5) is 26.6. The number of imidazole rings is 1. The van der Waals surface area contributed by atoms with Crippen LogP contribution < -0.4 is 14.8 Å². The minimum absolute atomic E-state index is 0.186. The van der Waals surface area contributed by atoms with Crippen molar-refractivity contribution in [1.29, 1.82) is 0 Å². The molecular weight excluding hydrogens is 745 g/mol. The quantitative estimate of drug-likeness (QED) is 0.0744. The van der Waals surface area contributed by atoms with E-state index in [1.165, 1.54) is 12.1 Å². The van der Waals surface area contributed by atoms with Crippen molar-refractivity contribution in [2.45, 2.75) is 44.3 Å². The van der Waals surface area contributed by atoms with Crippen molar-refractivity contribution < 1.29 is 37.4 Å². The predicted octanol–water partition coefficient (Wildman–Crippen LogP) is 8.54. The van der Waals surface area contributed by atoms with Crippen LogP contribution in [0.1, 0.15) is 53.5 Å². The first-order chi connectivity index (χ1) is 27.8. The van der Waals surface area contributed by atoms with Crippen LogP contribution in [0.4, 0.5) is 5.82 Å². The van der Waals surface area contributed by atoms with Crippen LogP contribution in [0.3, 0.4) is 0 Å². The number of carbonyl (C=O) groups is 1. The number of nitrogens with zero attached hydrogens (tertiary/aromatic N) is 4. The van der Waals surface area contributed by atoms with Gasteiger partial charge in [0.05, 0.1) is 39.9 Å². The van der Waals surface area contributed by atoms with Crippen molar-refractivity contribution in [2.24, 2.45) is 0 Å². The molecule has 1 aliphatic heterocycles. The summed E-state index contributed by atoms with van der Waals surface area (Å²) in [5, 5.41) is 2.87. The molecule has 0 saturated carbocycles. The maximum Gasteiger partial charge on any atom is 0.353 e. The Balaban J connectivity index is 1.33. The van der Waals surface area contributed by atoms with Gasteiger partial charge in [0.15, 0.2) is 17.0 Å². The van der Waals surface area contributed by atoms with Gasteiger partial charge in [-0.05, 0) is 73.0 Å². The number of ether oxygens (including phenoxy) is 4. The number of benzene rings is 4. The number of fused-ring (bicyclic) bond motifs is 1. The first-order valence-electron chi connectivity index (χ1n) is 18.6. The molecule has 0 aliphatic carbocycles. The molecule has 1 aliphatic rings. The lowest BCUT2D eigenvalue weighted by atomic mass is 9.79. The van der Waals surface area contributed by atoms with Gasteiger partial charge in [-0.1, -0.05) is 72.8 Å². The molecule has 4 aromatic carbocycles. The summed E-state index contributed by atoms with van der Waals surface area (Å²) in [6, 6.07) is 34.3. The normalized spacial score (nSPS) is 17.2. The maximum atomic E-state index is 13.7. The van der Waals surface area contributed by atoms with Crippen LogP contribution in [0.2, 0.25) is 0 Å². The van der Waals surface area contributed by atoms with E-state index in [-0.39, 0.29) is 24.9 Å². The van der Waals surface area contributed by atoms with Crippen molar-refractivity contribution in [1.82, 2.24) is 19.5 Å². The summed E-state index contributed by atoms with van der Waals surface area (Å²) < 4.78 is 52.1. The molecule has 0 unspecified atom stereocenters. The summed E-state index contributed by atoms with van der Waals surface area (Å²) in [5.74, 6) is 2.75. The Kier molecular flexibility index (Phi) is 12.2. The molecule has 1 fully saturated rings. The number of anilines is 1. The molecule has 1 N–H and O–H groups in total. The van der Waals surface area contributed by atoms with Crippen LogP contribution in [-0.4, -0.2) is 65.1 Å². The van der Waals surface area contributed by atoms with E-state index in [4.69, 9.17) is 28.0 Å². The number of hydrogen-bond acceptors (Lipinski definition) is 11. The van der Waals surface area contributed by atoms with Crippen molar-refractivity contribution in [3.05, 3.63) is 156 Å². The predicted molar refractivity (Wildman–Crippen MR) is 215 cm³/mol. The lowest BCUT2D eigenvalue weighted by Gasteiger charge is -2.39. The van der Waals surface area contributed by atoms with Crippen LogP contribution >= 0.6 is 7.60 Å². The lowest BCUT2D eigenvalue weighted by Crippen LogP contribution is -2.39. The molecule has 2 aromatic heterocycles. The molecule has 0 radical (unpaired) electrons. The monoisotopic (exact) mass is 789 g/mol. The lowest BCUT2D eigenvalue weighted by molar-refractivity contribution is -0.0703. The molecule has 6 aromatic rings. The minimum atomic E-state index is -3.63. The SMILES string of the molecule is CCOP(=O)(/C=C/[C@H]1O[C@@H](n2cnc3c(NC(=O)c4ccccc4)ncnc32)C[C@@H]1OC(c1ccccc1)(c1ccc(OC)cc1)c1ccc(OC)cc1)OCC. The van der Waals surface area contributed by atoms with Crippen molar-refractivity contribution in [3.8, 4) is 11.5 Å². The fourth-order valence-corrected chi connectivity index (χ4v) is 8.32. The highest BCUT2D eigenvalue weighted by atomic mass is 31.2. The molecule has 294 valence electrons. The average Bonchev–Trinajstić information content (AvgIpc) is 3.87. The number of carbonyl (C=O) groups excluding carboxylic acids is 1. The fraction of sp³-hybridized carbons (Fsp3) is 0.256. The highest BCUT2D eigenvalue weighted by Crippen LogP contribution is 2.51. The Labute approximate surface area is 331 Å². The van der Waals surface area contributed by atoms with Crippen molar-refractivity contribution in [2.75, 3.05) is 32.8 Å². The van der Waals surface area contributed by atoms with Crippen LogP contribution in [0.15, 0.2) is 134 Å². The Hall–Kier alpha value is -5.69. The molecule has 1 saturated heterocycles. The third kappa shape index (κ3) is 8.39. The second kappa shape index (κ2) is 17.6. The van der Waals surface area contributed by atoms with E-state index in [1.807, 2.05) is 84.9 Å².